The molecule has 1 aliphatic rings. The first-order valence-electron chi connectivity index (χ1n) is 4.20. The van der Waals surface area contributed by atoms with Crippen LogP contribution in [0.15, 0.2) is 23.8 Å². The fourth-order valence-electron chi connectivity index (χ4n) is 1.25. The summed E-state index contributed by atoms with van der Waals surface area (Å²) in [4.78, 5) is 10.1. The molecule has 1 unspecified atom stereocenters. The van der Waals surface area contributed by atoms with Gasteiger partial charge >= 0.3 is 0 Å². The number of carbonyl (C=O) groups excluding carboxylic acids is 1. The number of carbonyl (C=O) groups is 1. The zero-order valence-electron chi connectivity index (χ0n) is 7.62. The minimum absolute atomic E-state index is 0.0482. The molecule has 1 aliphatic carbocycles. The van der Waals surface area contributed by atoms with E-state index in [9.17, 15) is 4.79 Å². The molecule has 0 saturated heterocycles. The Balaban J connectivity index is 2.70. The molecule has 0 heterocycles. The van der Waals surface area contributed by atoms with E-state index >= 15 is 0 Å². The Bertz CT molecular complexity index is 266. The molecule has 0 amide bonds. The molecule has 3 heteroatoms. The van der Waals surface area contributed by atoms with E-state index in [2.05, 4.69) is 0 Å². The minimum atomic E-state index is 0.0482. The Labute approximate surface area is 77.6 Å². The number of hydrogen-bond donors (Lipinski definition) is 1. The number of ether oxygens (including phenoxy) is 1. The van der Waals surface area contributed by atoms with Gasteiger partial charge in [0.25, 0.3) is 0 Å². The molecule has 0 aromatic rings. The summed E-state index contributed by atoms with van der Waals surface area (Å²) >= 11 is 0. The van der Waals surface area contributed by atoms with Crippen molar-refractivity contribution < 1.29 is 9.53 Å². The van der Waals surface area contributed by atoms with E-state index in [0.717, 1.165) is 11.9 Å². The summed E-state index contributed by atoms with van der Waals surface area (Å²) in [5, 5.41) is 7.56. The van der Waals surface area contributed by atoms with E-state index in [1.807, 2.05) is 6.08 Å². The largest absolute Gasteiger partial charge is 0.377 e. The molecule has 1 atom stereocenters. The first kappa shape index (κ1) is 9.86. The Hall–Kier alpha value is -1.22. The lowest BCUT2D eigenvalue weighted by Gasteiger charge is -2.17. The predicted octanol–water partition coefficient (Wildman–Crippen LogP) is 1.50. The zero-order chi connectivity index (χ0) is 9.68. The molecule has 1 rings (SSSR count). The van der Waals surface area contributed by atoms with Crippen LogP contribution in [-0.2, 0) is 9.53 Å². The quantitative estimate of drug-likeness (QED) is 0.667. The van der Waals surface area contributed by atoms with Crippen molar-refractivity contribution in [3.05, 3.63) is 23.8 Å². The van der Waals surface area contributed by atoms with Crippen molar-refractivity contribution in [3.8, 4) is 0 Å². The standard InChI is InChI=1S/C10H13NO2/c1-13-9-4-5-10(11)8(7-9)3-2-6-12/h3-6,9,11H,2,7H2,1H3/b8-3-,11-10?. The van der Waals surface area contributed by atoms with E-state index in [4.69, 9.17) is 10.1 Å². The second-order valence-electron chi connectivity index (χ2n) is 2.88. The average molecular weight is 179 g/mol. The number of aldehydes is 1. The lowest BCUT2D eigenvalue weighted by Crippen LogP contribution is -2.16. The van der Waals surface area contributed by atoms with Gasteiger partial charge in [0.1, 0.15) is 6.29 Å². The van der Waals surface area contributed by atoms with E-state index in [1.54, 1.807) is 19.3 Å². The highest BCUT2D eigenvalue weighted by Crippen LogP contribution is 2.17. The van der Waals surface area contributed by atoms with Gasteiger partial charge in [0, 0.05) is 20.0 Å². The van der Waals surface area contributed by atoms with Crippen LogP contribution < -0.4 is 0 Å². The molecule has 0 aromatic heterocycles. The normalized spacial score (nSPS) is 25.2. The van der Waals surface area contributed by atoms with Crippen LogP contribution in [0, 0.1) is 5.41 Å². The predicted molar refractivity (Wildman–Crippen MR) is 51.0 cm³/mol. The van der Waals surface area contributed by atoms with Crippen molar-refractivity contribution in [1.82, 2.24) is 0 Å². The fourth-order valence-corrected chi connectivity index (χ4v) is 1.25. The van der Waals surface area contributed by atoms with Gasteiger partial charge in [-0.15, -0.1) is 0 Å². The molecule has 70 valence electrons. The van der Waals surface area contributed by atoms with Crippen LogP contribution in [-0.4, -0.2) is 25.2 Å². The summed E-state index contributed by atoms with van der Waals surface area (Å²) in [5.74, 6) is 0. The molecule has 0 spiro atoms. The molecule has 0 aliphatic heterocycles. The third-order valence-corrected chi connectivity index (χ3v) is 2.01. The first-order chi connectivity index (χ1) is 6.27. The summed E-state index contributed by atoms with van der Waals surface area (Å²) in [6.07, 6.45) is 7.31. The Morgan fingerprint density at radius 2 is 2.54 bits per heavy atom. The molecule has 1 N–H and O–H groups in total. The molecule has 3 nitrogen and oxygen atoms in total. The van der Waals surface area contributed by atoms with Crippen molar-refractivity contribution in [1.29, 1.82) is 5.41 Å². The summed E-state index contributed by atoms with van der Waals surface area (Å²) < 4.78 is 5.14. The number of hydrogen-bond acceptors (Lipinski definition) is 3. The van der Waals surface area contributed by atoms with Crippen LogP contribution in [0.5, 0.6) is 0 Å². The van der Waals surface area contributed by atoms with Gasteiger partial charge in [0.15, 0.2) is 0 Å². The van der Waals surface area contributed by atoms with E-state index in [1.165, 1.54) is 0 Å². The van der Waals surface area contributed by atoms with Gasteiger partial charge in [-0.2, -0.15) is 0 Å². The lowest BCUT2D eigenvalue weighted by molar-refractivity contribution is -0.107. The molecule has 0 saturated carbocycles. The number of allylic oxidation sites excluding steroid dienone is 2. The summed E-state index contributed by atoms with van der Waals surface area (Å²) in [6, 6.07) is 0. The highest BCUT2D eigenvalue weighted by Gasteiger charge is 2.14. The van der Waals surface area contributed by atoms with Crippen molar-refractivity contribution in [2.24, 2.45) is 0 Å². The molecule has 13 heavy (non-hydrogen) atoms. The van der Waals surface area contributed by atoms with Crippen LogP contribution in [0.25, 0.3) is 0 Å². The minimum Gasteiger partial charge on any atom is -0.377 e. The second kappa shape index (κ2) is 4.72. The van der Waals surface area contributed by atoms with Crippen molar-refractivity contribution in [3.63, 3.8) is 0 Å². The Morgan fingerprint density at radius 3 is 3.15 bits per heavy atom. The fraction of sp³-hybridized carbons (Fsp3) is 0.400. The van der Waals surface area contributed by atoms with Gasteiger partial charge in [-0.05, 0) is 11.6 Å². The van der Waals surface area contributed by atoms with Gasteiger partial charge in [0.2, 0.25) is 0 Å². The van der Waals surface area contributed by atoms with Gasteiger partial charge in [-0.3, -0.25) is 0 Å². The molecular formula is C10H13NO2. The number of rotatable bonds is 3. The van der Waals surface area contributed by atoms with E-state index < -0.39 is 0 Å². The second-order valence-corrected chi connectivity index (χ2v) is 2.88. The first-order valence-corrected chi connectivity index (χ1v) is 4.20. The molecular weight excluding hydrogens is 166 g/mol. The van der Waals surface area contributed by atoms with Crippen LogP contribution in [0.1, 0.15) is 12.8 Å². The molecule has 0 aromatic carbocycles. The summed E-state index contributed by atoms with van der Waals surface area (Å²) in [7, 11) is 1.64. The maximum absolute atomic E-state index is 10.1. The zero-order valence-corrected chi connectivity index (χ0v) is 7.62. The van der Waals surface area contributed by atoms with Crippen LogP contribution in [0.4, 0.5) is 0 Å². The van der Waals surface area contributed by atoms with Crippen molar-refractivity contribution in [2.45, 2.75) is 18.9 Å². The topological polar surface area (TPSA) is 50.1 Å². The summed E-state index contributed by atoms with van der Waals surface area (Å²) in [5.41, 5.74) is 1.37. The molecule has 0 fully saturated rings. The van der Waals surface area contributed by atoms with Gasteiger partial charge in [0.05, 0.1) is 11.8 Å². The van der Waals surface area contributed by atoms with E-state index in [0.29, 0.717) is 18.6 Å². The van der Waals surface area contributed by atoms with Crippen LogP contribution in [0.2, 0.25) is 0 Å². The van der Waals surface area contributed by atoms with Gasteiger partial charge < -0.3 is 14.9 Å². The third-order valence-electron chi connectivity index (χ3n) is 2.01. The number of nitrogens with one attached hydrogen (secondary N) is 1. The number of methoxy groups -OCH3 is 1. The Kier molecular flexibility index (Phi) is 3.58. The maximum Gasteiger partial charge on any atom is 0.123 e. The molecule has 0 bridgehead atoms. The monoisotopic (exact) mass is 179 g/mol. The average Bonchev–Trinajstić information content (AvgIpc) is 2.17. The lowest BCUT2D eigenvalue weighted by atomic mass is 9.96. The van der Waals surface area contributed by atoms with Crippen molar-refractivity contribution >= 4 is 12.0 Å². The maximum atomic E-state index is 10.1. The summed E-state index contributed by atoms with van der Waals surface area (Å²) in [6.45, 7) is 0. The smallest absolute Gasteiger partial charge is 0.123 e. The van der Waals surface area contributed by atoms with Gasteiger partial charge in [-0.25, -0.2) is 0 Å². The van der Waals surface area contributed by atoms with Crippen LogP contribution in [0.3, 0.4) is 0 Å². The third kappa shape index (κ3) is 2.63. The molecule has 0 radical (unpaired) electrons. The highest BCUT2D eigenvalue weighted by atomic mass is 16.5. The Morgan fingerprint density at radius 1 is 1.77 bits per heavy atom. The van der Waals surface area contributed by atoms with Crippen molar-refractivity contribution in [2.75, 3.05) is 7.11 Å². The SMILES string of the molecule is COC1C=CC(=N)/C(=C\CC=O)C1. The van der Waals surface area contributed by atoms with Crippen LogP contribution >= 0.6 is 0 Å². The highest BCUT2D eigenvalue weighted by molar-refractivity contribution is 6.07. The van der Waals surface area contributed by atoms with E-state index in [-0.39, 0.29) is 6.10 Å². The van der Waals surface area contributed by atoms with Gasteiger partial charge in [-0.1, -0.05) is 12.2 Å².